The first-order valence-electron chi connectivity index (χ1n) is 16.5. The number of rotatable bonds is 3. The van der Waals surface area contributed by atoms with Crippen molar-refractivity contribution >= 4 is 60.3 Å². The van der Waals surface area contributed by atoms with Gasteiger partial charge in [0.2, 0.25) is 0 Å². The van der Waals surface area contributed by atoms with Crippen molar-refractivity contribution < 1.29 is 4.42 Å². The minimum atomic E-state index is 0.946. The van der Waals surface area contributed by atoms with E-state index in [4.69, 9.17) is 4.42 Å². The Morgan fingerprint density at radius 1 is 0.468 bits per heavy atom. The maximum atomic E-state index is 6.68. The third-order valence-electron chi connectivity index (χ3n) is 10.1. The second-order valence-electron chi connectivity index (χ2n) is 12.7. The molecule has 8 aromatic carbocycles. The summed E-state index contributed by atoms with van der Waals surface area (Å²) in [6.45, 7) is 0. The van der Waals surface area contributed by atoms with Crippen LogP contribution in [0, 0.1) is 0 Å². The lowest BCUT2D eigenvalue weighted by Gasteiger charge is -2.19. The third-order valence-corrected chi connectivity index (χ3v) is 10.1. The van der Waals surface area contributed by atoms with Gasteiger partial charge in [0.15, 0.2) is 0 Å². The van der Waals surface area contributed by atoms with Crippen molar-refractivity contribution in [2.24, 2.45) is 0 Å². The Balaban J connectivity index is 1.26. The summed E-state index contributed by atoms with van der Waals surface area (Å²) in [7, 11) is 0. The van der Waals surface area contributed by atoms with Gasteiger partial charge in [0.05, 0.1) is 0 Å². The number of hydrogen-bond donors (Lipinski definition) is 0. The molecule has 0 aliphatic heterocycles. The van der Waals surface area contributed by atoms with E-state index >= 15 is 0 Å². The number of hydrogen-bond acceptors (Lipinski definition) is 1. The summed E-state index contributed by atoms with van der Waals surface area (Å²) in [6, 6.07) is 53.3. The summed E-state index contributed by atoms with van der Waals surface area (Å²) in [5.41, 5.74) is 12.1. The van der Waals surface area contributed by atoms with Crippen LogP contribution >= 0.6 is 0 Å². The standard InChI is InChI=1S/C46H30O/c1-2-12-29(13-3-1)33-21-10-15-31-28-32(25-26-34(31)33)43-36-17-6-8-19-38(36)44(39-20-9-7-18-37(39)43)40-22-11-23-42-45(40)41-27-24-30-14-4-5-16-35(30)46(41)47-42/h1-4,6-15,17-28H,5,16H2. The van der Waals surface area contributed by atoms with E-state index in [0.717, 1.165) is 24.0 Å². The maximum Gasteiger partial charge on any atom is 0.139 e. The Kier molecular flexibility index (Phi) is 5.77. The molecule has 0 atom stereocenters. The van der Waals surface area contributed by atoms with Gasteiger partial charge in [-0.2, -0.15) is 0 Å². The van der Waals surface area contributed by atoms with Crippen molar-refractivity contribution in [3.8, 4) is 33.4 Å². The van der Waals surface area contributed by atoms with Crippen LogP contribution in [0.5, 0.6) is 0 Å². The normalized spacial score (nSPS) is 12.9. The molecule has 0 saturated heterocycles. The number of benzene rings is 8. The average Bonchev–Trinajstić information content (AvgIpc) is 3.53. The third kappa shape index (κ3) is 3.96. The zero-order valence-corrected chi connectivity index (χ0v) is 25.8. The van der Waals surface area contributed by atoms with E-state index in [9.17, 15) is 0 Å². The van der Waals surface area contributed by atoms with E-state index in [0.29, 0.717) is 0 Å². The van der Waals surface area contributed by atoms with Gasteiger partial charge in [0.1, 0.15) is 11.2 Å². The first kappa shape index (κ1) is 26.3. The lowest BCUT2D eigenvalue weighted by molar-refractivity contribution is 0.661. The lowest BCUT2D eigenvalue weighted by Crippen LogP contribution is -1.94. The Hall–Kier alpha value is -5.92. The molecular formula is C46H30O. The van der Waals surface area contributed by atoms with Crippen LogP contribution in [0.3, 0.4) is 0 Å². The van der Waals surface area contributed by atoms with Crippen molar-refractivity contribution in [3.63, 3.8) is 0 Å². The van der Waals surface area contributed by atoms with Crippen molar-refractivity contribution in [3.05, 3.63) is 163 Å². The molecule has 47 heavy (non-hydrogen) atoms. The van der Waals surface area contributed by atoms with Crippen LogP contribution in [0.2, 0.25) is 0 Å². The lowest BCUT2D eigenvalue weighted by atomic mass is 9.84. The van der Waals surface area contributed by atoms with Crippen molar-refractivity contribution in [2.75, 3.05) is 0 Å². The molecule has 0 saturated carbocycles. The molecule has 9 aromatic rings. The predicted octanol–water partition coefficient (Wildman–Crippen LogP) is 13.0. The number of allylic oxidation sites excluding steroid dienone is 1. The summed E-state index contributed by atoms with van der Waals surface area (Å²) < 4.78 is 6.68. The van der Waals surface area contributed by atoms with E-state index in [2.05, 4.69) is 158 Å². The largest absolute Gasteiger partial charge is 0.456 e. The van der Waals surface area contributed by atoms with Gasteiger partial charge in [-0.1, -0.05) is 140 Å². The predicted molar refractivity (Wildman–Crippen MR) is 200 cm³/mol. The highest BCUT2D eigenvalue weighted by molar-refractivity contribution is 6.26. The zero-order chi connectivity index (χ0) is 30.9. The molecule has 1 nitrogen and oxygen atoms in total. The fourth-order valence-electron chi connectivity index (χ4n) is 8.06. The highest BCUT2D eigenvalue weighted by Crippen LogP contribution is 2.48. The first-order valence-corrected chi connectivity index (χ1v) is 16.5. The molecule has 0 radical (unpaired) electrons. The van der Waals surface area contributed by atoms with Gasteiger partial charge in [-0.05, 0) is 102 Å². The van der Waals surface area contributed by atoms with Crippen LogP contribution in [-0.2, 0) is 6.42 Å². The quantitative estimate of drug-likeness (QED) is 0.184. The van der Waals surface area contributed by atoms with Gasteiger partial charge in [-0.25, -0.2) is 0 Å². The SMILES string of the molecule is C1=Cc2ccc3c(oc4cccc(-c5c6ccccc6c(-c6ccc7c(-c8ccccc8)cccc7c6)c6ccccc56)c43)c2CC1. The molecule has 0 unspecified atom stereocenters. The van der Waals surface area contributed by atoms with Gasteiger partial charge >= 0.3 is 0 Å². The monoisotopic (exact) mass is 598 g/mol. The van der Waals surface area contributed by atoms with Crippen LogP contribution < -0.4 is 0 Å². The minimum absolute atomic E-state index is 0.946. The summed E-state index contributed by atoms with van der Waals surface area (Å²) >= 11 is 0. The summed E-state index contributed by atoms with van der Waals surface area (Å²) in [4.78, 5) is 0. The van der Waals surface area contributed by atoms with Gasteiger partial charge in [0, 0.05) is 16.3 Å². The molecule has 220 valence electrons. The highest BCUT2D eigenvalue weighted by Gasteiger charge is 2.22. The molecule has 1 aliphatic rings. The van der Waals surface area contributed by atoms with E-state index in [-0.39, 0.29) is 0 Å². The first-order chi connectivity index (χ1) is 23.3. The topological polar surface area (TPSA) is 13.1 Å². The Morgan fingerprint density at radius 3 is 1.94 bits per heavy atom. The molecule has 1 heteroatoms. The molecule has 0 amide bonds. The van der Waals surface area contributed by atoms with Gasteiger partial charge < -0.3 is 4.42 Å². The molecule has 1 heterocycles. The average molecular weight is 599 g/mol. The van der Waals surface area contributed by atoms with Crippen LogP contribution in [-0.4, -0.2) is 0 Å². The molecule has 0 fully saturated rings. The molecule has 0 N–H and O–H groups in total. The van der Waals surface area contributed by atoms with E-state index in [1.807, 2.05) is 0 Å². The smallest absolute Gasteiger partial charge is 0.139 e. The molecular weight excluding hydrogens is 569 g/mol. The minimum Gasteiger partial charge on any atom is -0.456 e. The van der Waals surface area contributed by atoms with Crippen LogP contribution in [0.15, 0.2) is 156 Å². The fourth-order valence-corrected chi connectivity index (χ4v) is 8.06. The Labute approximate surface area is 273 Å². The van der Waals surface area contributed by atoms with Crippen molar-refractivity contribution in [1.82, 2.24) is 0 Å². The second kappa shape index (κ2) is 10.3. The molecule has 1 aliphatic carbocycles. The van der Waals surface area contributed by atoms with Crippen LogP contribution in [0.4, 0.5) is 0 Å². The van der Waals surface area contributed by atoms with Crippen LogP contribution in [0.25, 0.3) is 93.7 Å². The number of aryl methyl sites for hydroxylation is 1. The van der Waals surface area contributed by atoms with Crippen molar-refractivity contribution in [2.45, 2.75) is 12.8 Å². The van der Waals surface area contributed by atoms with Gasteiger partial charge in [-0.15, -0.1) is 0 Å². The zero-order valence-electron chi connectivity index (χ0n) is 25.8. The summed E-state index contributed by atoms with van der Waals surface area (Å²) in [5, 5.41) is 9.92. The molecule has 1 aromatic heterocycles. The van der Waals surface area contributed by atoms with E-state index < -0.39 is 0 Å². The summed E-state index contributed by atoms with van der Waals surface area (Å²) in [5.74, 6) is 0. The summed E-state index contributed by atoms with van der Waals surface area (Å²) in [6.07, 6.45) is 6.56. The second-order valence-corrected chi connectivity index (χ2v) is 12.7. The van der Waals surface area contributed by atoms with E-state index in [1.54, 1.807) is 0 Å². The van der Waals surface area contributed by atoms with Gasteiger partial charge in [0.25, 0.3) is 0 Å². The van der Waals surface area contributed by atoms with E-state index in [1.165, 1.54) is 87.6 Å². The molecule has 0 bridgehead atoms. The van der Waals surface area contributed by atoms with Gasteiger partial charge in [-0.3, -0.25) is 0 Å². The fraction of sp³-hybridized carbons (Fsp3) is 0.0435. The molecule has 10 rings (SSSR count). The van der Waals surface area contributed by atoms with Crippen LogP contribution in [0.1, 0.15) is 17.5 Å². The number of fused-ring (bicyclic) bond motifs is 8. The Bertz CT molecular complexity index is 2670. The van der Waals surface area contributed by atoms with Crippen molar-refractivity contribution in [1.29, 1.82) is 0 Å². The molecule has 0 spiro atoms. The highest BCUT2D eigenvalue weighted by atomic mass is 16.3. The maximum absolute atomic E-state index is 6.68. The Morgan fingerprint density at radius 2 is 1.15 bits per heavy atom. The number of furan rings is 1.